The van der Waals surface area contributed by atoms with Crippen LogP contribution in [-0.4, -0.2) is 67.8 Å². The zero-order valence-electron chi connectivity index (χ0n) is 15.2. The fourth-order valence-electron chi connectivity index (χ4n) is 4.16. The number of benzene rings is 1. The number of carbonyl (C=O) groups excluding carboxylic acids is 2. The lowest BCUT2D eigenvalue weighted by molar-refractivity contribution is -0.140. The summed E-state index contributed by atoms with van der Waals surface area (Å²) in [4.78, 5) is 28.1. The first kappa shape index (κ1) is 17.0. The van der Waals surface area contributed by atoms with Crippen molar-refractivity contribution in [1.29, 1.82) is 0 Å². The van der Waals surface area contributed by atoms with Crippen molar-refractivity contribution in [2.24, 2.45) is 5.92 Å². The predicted octanol–water partition coefficient (Wildman–Crippen LogP) is 1.69. The number of ether oxygens (including phenoxy) is 3. The number of hydrogen-bond donors (Lipinski definition) is 0. The highest BCUT2D eigenvalue weighted by molar-refractivity contribution is 5.80. The second kappa shape index (κ2) is 6.37. The van der Waals surface area contributed by atoms with E-state index in [9.17, 15) is 9.59 Å². The molecule has 2 saturated heterocycles. The largest absolute Gasteiger partial charge is 0.493 e. The van der Waals surface area contributed by atoms with Crippen molar-refractivity contribution in [3.8, 4) is 11.5 Å². The molecule has 0 aliphatic carbocycles. The summed E-state index contributed by atoms with van der Waals surface area (Å²) >= 11 is 0. The molecule has 26 heavy (non-hydrogen) atoms. The third-order valence-corrected chi connectivity index (χ3v) is 5.65. The van der Waals surface area contributed by atoms with Crippen LogP contribution in [0, 0.1) is 5.92 Å². The van der Waals surface area contributed by atoms with Crippen LogP contribution in [0.4, 0.5) is 4.79 Å². The highest BCUT2D eigenvalue weighted by Gasteiger charge is 2.46. The number of hydrogen-bond acceptors (Lipinski definition) is 5. The molecule has 2 fully saturated rings. The number of likely N-dealkylation sites (tertiary alicyclic amines) is 1. The predicted molar refractivity (Wildman–Crippen MR) is 93.3 cm³/mol. The van der Waals surface area contributed by atoms with E-state index in [1.54, 1.807) is 19.1 Å². The molecule has 1 aromatic carbocycles. The first-order valence-electron chi connectivity index (χ1n) is 9.03. The Labute approximate surface area is 152 Å². The topological polar surface area (TPSA) is 68.3 Å². The Bertz CT molecular complexity index is 727. The molecular weight excluding hydrogens is 336 g/mol. The molecule has 7 nitrogen and oxygen atoms in total. The van der Waals surface area contributed by atoms with Crippen molar-refractivity contribution in [2.75, 3.05) is 40.4 Å². The first-order chi connectivity index (χ1) is 12.5. The highest BCUT2D eigenvalue weighted by Crippen LogP contribution is 2.37. The van der Waals surface area contributed by atoms with Crippen molar-refractivity contribution < 1.29 is 23.8 Å². The minimum absolute atomic E-state index is 0.117. The van der Waals surface area contributed by atoms with Crippen molar-refractivity contribution in [2.45, 2.75) is 24.9 Å². The summed E-state index contributed by atoms with van der Waals surface area (Å²) in [5, 5.41) is 0. The Hall–Kier alpha value is -2.44. The molecule has 140 valence electrons. The minimum atomic E-state index is -0.425. The Morgan fingerprint density at radius 1 is 1.31 bits per heavy atom. The molecule has 2 amide bonds. The van der Waals surface area contributed by atoms with Gasteiger partial charge in [-0.05, 0) is 18.1 Å². The molecule has 1 aromatic rings. The summed E-state index contributed by atoms with van der Waals surface area (Å²) in [5.41, 5.74) is 0.583. The van der Waals surface area contributed by atoms with E-state index in [0.29, 0.717) is 51.3 Å². The molecule has 7 heteroatoms. The maximum atomic E-state index is 12.9. The number of likely N-dealkylation sites (N-methyl/N-ethyl adjacent to an activating group) is 1. The summed E-state index contributed by atoms with van der Waals surface area (Å²) in [6, 6.07) is 5.77. The fraction of sp³-hybridized carbons (Fsp3) is 0.579. The van der Waals surface area contributed by atoms with Crippen LogP contribution in [0.2, 0.25) is 0 Å². The summed E-state index contributed by atoms with van der Waals surface area (Å²) in [5.74, 6) is 1.39. The van der Waals surface area contributed by atoms with Gasteiger partial charge in [-0.15, -0.1) is 0 Å². The summed E-state index contributed by atoms with van der Waals surface area (Å²) in [6.45, 7) is 2.20. The number of carbonyl (C=O) groups is 2. The molecule has 0 aromatic heterocycles. The Morgan fingerprint density at radius 2 is 2.08 bits per heavy atom. The monoisotopic (exact) mass is 360 g/mol. The van der Waals surface area contributed by atoms with Crippen LogP contribution in [0.15, 0.2) is 18.2 Å². The van der Waals surface area contributed by atoms with E-state index in [0.717, 1.165) is 11.3 Å². The molecule has 3 heterocycles. The smallest absolute Gasteiger partial charge is 0.410 e. The number of nitrogens with zero attached hydrogens (tertiary/aromatic N) is 2. The number of amides is 2. The van der Waals surface area contributed by atoms with E-state index in [1.165, 1.54) is 0 Å². The van der Waals surface area contributed by atoms with Gasteiger partial charge in [-0.1, -0.05) is 12.1 Å². The minimum Gasteiger partial charge on any atom is -0.493 e. The van der Waals surface area contributed by atoms with Gasteiger partial charge in [0, 0.05) is 33.0 Å². The molecule has 0 radical (unpaired) electrons. The molecule has 3 aliphatic rings. The van der Waals surface area contributed by atoms with Gasteiger partial charge in [0.2, 0.25) is 5.91 Å². The zero-order chi connectivity index (χ0) is 18.3. The second-order valence-corrected chi connectivity index (χ2v) is 7.39. The second-order valence-electron chi connectivity index (χ2n) is 7.39. The summed E-state index contributed by atoms with van der Waals surface area (Å²) in [6.07, 6.45) is 1.76. The average Bonchev–Trinajstić information content (AvgIpc) is 2.94. The fourth-order valence-corrected chi connectivity index (χ4v) is 4.16. The number of para-hydroxylation sites is 1. The van der Waals surface area contributed by atoms with Gasteiger partial charge in [0.1, 0.15) is 12.2 Å². The number of methoxy groups -OCH3 is 1. The van der Waals surface area contributed by atoms with Gasteiger partial charge >= 0.3 is 6.09 Å². The summed E-state index contributed by atoms with van der Waals surface area (Å²) < 4.78 is 16.7. The Morgan fingerprint density at radius 3 is 2.73 bits per heavy atom. The van der Waals surface area contributed by atoms with Gasteiger partial charge in [0.05, 0.1) is 19.6 Å². The van der Waals surface area contributed by atoms with Crippen LogP contribution in [0.1, 0.15) is 18.4 Å². The molecule has 0 saturated carbocycles. The lowest BCUT2D eigenvalue weighted by atomic mass is 9.89. The van der Waals surface area contributed by atoms with Gasteiger partial charge in [-0.3, -0.25) is 4.79 Å². The van der Waals surface area contributed by atoms with Crippen LogP contribution in [0.25, 0.3) is 0 Å². The van der Waals surface area contributed by atoms with Gasteiger partial charge in [0.15, 0.2) is 11.5 Å². The van der Waals surface area contributed by atoms with E-state index in [-0.39, 0.29) is 17.9 Å². The SMILES string of the molecule is COc1cccc2c1OC[C@H](C(=O)N1CCC3(CC1)CN(C)C(=O)O3)C2. The van der Waals surface area contributed by atoms with Gasteiger partial charge in [-0.25, -0.2) is 4.79 Å². The normalized spacial score (nSPS) is 24.1. The first-order valence-corrected chi connectivity index (χ1v) is 9.03. The molecule has 4 rings (SSSR count). The van der Waals surface area contributed by atoms with Crippen molar-refractivity contribution in [3.05, 3.63) is 23.8 Å². The molecule has 1 spiro atoms. The summed E-state index contributed by atoms with van der Waals surface area (Å²) in [7, 11) is 3.37. The Balaban J connectivity index is 1.39. The van der Waals surface area contributed by atoms with Crippen molar-refractivity contribution in [1.82, 2.24) is 9.80 Å². The number of fused-ring (bicyclic) bond motifs is 1. The maximum Gasteiger partial charge on any atom is 0.410 e. The molecule has 3 aliphatic heterocycles. The molecule has 1 atom stereocenters. The van der Waals surface area contributed by atoms with E-state index in [4.69, 9.17) is 14.2 Å². The van der Waals surface area contributed by atoms with Crippen LogP contribution in [0.3, 0.4) is 0 Å². The van der Waals surface area contributed by atoms with E-state index in [1.807, 2.05) is 23.1 Å². The maximum absolute atomic E-state index is 12.9. The molecule has 0 unspecified atom stereocenters. The lowest BCUT2D eigenvalue weighted by Gasteiger charge is -2.39. The quantitative estimate of drug-likeness (QED) is 0.803. The highest BCUT2D eigenvalue weighted by atomic mass is 16.6. The van der Waals surface area contributed by atoms with Gasteiger partial charge in [-0.2, -0.15) is 0 Å². The third kappa shape index (κ3) is 2.85. The standard InChI is InChI=1S/C19H24N2O5/c1-20-12-19(26-18(20)23)6-8-21(9-7-19)17(22)14-10-13-4-3-5-15(24-2)16(13)25-11-14/h3-5,14H,6-12H2,1-2H3/t14-/m1/s1. The molecular formula is C19H24N2O5. The van der Waals surface area contributed by atoms with Gasteiger partial charge in [0.25, 0.3) is 0 Å². The van der Waals surface area contributed by atoms with E-state index < -0.39 is 5.60 Å². The van der Waals surface area contributed by atoms with Crippen LogP contribution >= 0.6 is 0 Å². The van der Waals surface area contributed by atoms with Crippen LogP contribution < -0.4 is 9.47 Å². The van der Waals surface area contributed by atoms with Crippen molar-refractivity contribution in [3.63, 3.8) is 0 Å². The third-order valence-electron chi connectivity index (χ3n) is 5.65. The zero-order valence-corrected chi connectivity index (χ0v) is 15.2. The number of rotatable bonds is 2. The van der Waals surface area contributed by atoms with E-state index >= 15 is 0 Å². The van der Waals surface area contributed by atoms with E-state index in [2.05, 4.69) is 0 Å². The molecule has 0 N–H and O–H groups in total. The van der Waals surface area contributed by atoms with Gasteiger partial charge < -0.3 is 24.0 Å². The van der Waals surface area contributed by atoms with Crippen LogP contribution in [0.5, 0.6) is 11.5 Å². The Kier molecular flexibility index (Phi) is 4.17. The number of piperidine rings is 1. The lowest BCUT2D eigenvalue weighted by Crippen LogP contribution is -2.51. The van der Waals surface area contributed by atoms with Crippen LogP contribution in [-0.2, 0) is 16.0 Å². The average molecular weight is 360 g/mol. The van der Waals surface area contributed by atoms with Crippen molar-refractivity contribution >= 4 is 12.0 Å². The molecule has 0 bridgehead atoms.